The third-order valence-corrected chi connectivity index (χ3v) is 3.19. The molecule has 0 amide bonds. The van der Waals surface area contributed by atoms with Crippen molar-refractivity contribution in [1.82, 2.24) is 0 Å². The second kappa shape index (κ2) is 6.40. The van der Waals surface area contributed by atoms with Crippen LogP contribution in [0.5, 0.6) is 0 Å². The van der Waals surface area contributed by atoms with Crippen LogP contribution in [0.25, 0.3) is 0 Å². The van der Waals surface area contributed by atoms with E-state index in [0.717, 1.165) is 0 Å². The van der Waals surface area contributed by atoms with Crippen LogP contribution in [0.3, 0.4) is 0 Å². The van der Waals surface area contributed by atoms with Gasteiger partial charge in [0.25, 0.3) is 0 Å². The molecule has 92 valence electrons. The van der Waals surface area contributed by atoms with Gasteiger partial charge < -0.3 is 27.4 Å². The summed E-state index contributed by atoms with van der Waals surface area (Å²) in [7, 11) is 0. The molecule has 0 aliphatic heterocycles. The van der Waals surface area contributed by atoms with Crippen molar-refractivity contribution in [2.24, 2.45) is 29.0 Å². The highest BCUT2D eigenvalue weighted by molar-refractivity contribution is 4.95. The van der Waals surface area contributed by atoms with Crippen LogP contribution in [0.1, 0.15) is 26.7 Å². The smallest absolute Gasteiger partial charge is 0.0821 e. The minimum atomic E-state index is -1.00. The van der Waals surface area contributed by atoms with E-state index in [2.05, 4.69) is 0 Å². The first-order chi connectivity index (χ1) is 6.87. The van der Waals surface area contributed by atoms with Crippen molar-refractivity contribution < 1.29 is 10.2 Å². The summed E-state index contributed by atoms with van der Waals surface area (Å²) in [5.41, 5.74) is 16.9. The lowest BCUT2D eigenvalue weighted by Crippen LogP contribution is -2.68. The Morgan fingerprint density at radius 2 is 1.53 bits per heavy atom. The molecule has 8 N–H and O–H groups in total. The zero-order chi connectivity index (χ0) is 12.1. The molecule has 5 heteroatoms. The molecule has 0 aliphatic rings. The van der Waals surface area contributed by atoms with Crippen molar-refractivity contribution in [1.29, 1.82) is 0 Å². The maximum atomic E-state index is 8.83. The summed E-state index contributed by atoms with van der Waals surface area (Å²) in [4.78, 5) is 0. The summed E-state index contributed by atoms with van der Waals surface area (Å²) in [5.74, 6) is 0.00443. The van der Waals surface area contributed by atoms with E-state index < -0.39 is 5.66 Å². The number of rotatable bonds is 7. The molecule has 0 saturated carbocycles. The third kappa shape index (κ3) is 4.04. The molecule has 0 rings (SSSR count). The predicted molar refractivity (Wildman–Crippen MR) is 60.8 cm³/mol. The second-order valence-corrected chi connectivity index (χ2v) is 4.43. The van der Waals surface area contributed by atoms with Crippen LogP contribution in [-0.4, -0.2) is 35.1 Å². The first-order valence-electron chi connectivity index (χ1n) is 5.43. The largest absolute Gasteiger partial charge is 0.396 e. The summed E-state index contributed by atoms with van der Waals surface area (Å²) in [6.07, 6.45) is 1.12. The fraction of sp³-hybridized carbons (Fsp3) is 1.00. The Balaban J connectivity index is 4.41. The SMILES string of the molecule is CC(CCO)C(N)C(N)(N)C(C)CCO. The summed E-state index contributed by atoms with van der Waals surface area (Å²) < 4.78 is 0. The van der Waals surface area contributed by atoms with Crippen molar-refractivity contribution in [2.75, 3.05) is 13.2 Å². The molecule has 0 aromatic rings. The van der Waals surface area contributed by atoms with E-state index in [1.54, 1.807) is 0 Å². The van der Waals surface area contributed by atoms with E-state index in [9.17, 15) is 0 Å². The van der Waals surface area contributed by atoms with Gasteiger partial charge in [0.2, 0.25) is 0 Å². The number of aliphatic hydroxyl groups is 2. The number of hydrogen-bond acceptors (Lipinski definition) is 5. The van der Waals surface area contributed by atoms with Crippen molar-refractivity contribution in [3.05, 3.63) is 0 Å². The van der Waals surface area contributed by atoms with Crippen LogP contribution in [0.15, 0.2) is 0 Å². The Kier molecular flexibility index (Phi) is 6.31. The zero-order valence-electron chi connectivity index (χ0n) is 9.69. The molecule has 0 aromatic carbocycles. The molecule has 5 nitrogen and oxygen atoms in total. The highest BCUT2D eigenvalue weighted by Gasteiger charge is 2.36. The first kappa shape index (κ1) is 14.8. The van der Waals surface area contributed by atoms with Crippen LogP contribution < -0.4 is 17.2 Å². The van der Waals surface area contributed by atoms with Gasteiger partial charge in [0.05, 0.1) is 5.66 Å². The molecule has 0 fully saturated rings. The van der Waals surface area contributed by atoms with Gasteiger partial charge in [-0.2, -0.15) is 0 Å². The van der Waals surface area contributed by atoms with E-state index >= 15 is 0 Å². The van der Waals surface area contributed by atoms with Gasteiger partial charge in [0.1, 0.15) is 0 Å². The van der Waals surface area contributed by atoms with E-state index in [1.807, 2.05) is 13.8 Å². The molecule has 0 saturated heterocycles. The van der Waals surface area contributed by atoms with Gasteiger partial charge in [-0.25, -0.2) is 0 Å². The Bertz CT molecular complexity index is 176. The normalized spacial score (nSPS) is 18.6. The monoisotopic (exact) mass is 219 g/mol. The van der Waals surface area contributed by atoms with Gasteiger partial charge in [-0.15, -0.1) is 0 Å². The Morgan fingerprint density at radius 3 is 1.93 bits per heavy atom. The lowest BCUT2D eigenvalue weighted by Gasteiger charge is -2.39. The molecule has 3 atom stereocenters. The van der Waals surface area contributed by atoms with Crippen LogP contribution in [0.2, 0.25) is 0 Å². The molecular weight excluding hydrogens is 194 g/mol. The van der Waals surface area contributed by atoms with Gasteiger partial charge in [-0.3, -0.25) is 0 Å². The Labute approximate surface area is 91.6 Å². The lowest BCUT2D eigenvalue weighted by atomic mass is 9.80. The second-order valence-electron chi connectivity index (χ2n) is 4.43. The van der Waals surface area contributed by atoms with Crippen LogP contribution in [0, 0.1) is 11.8 Å². The summed E-state index contributed by atoms with van der Waals surface area (Å²) in [5, 5.41) is 17.6. The van der Waals surface area contributed by atoms with Gasteiger partial charge >= 0.3 is 0 Å². The molecule has 0 heterocycles. The maximum absolute atomic E-state index is 8.83. The van der Waals surface area contributed by atoms with E-state index in [4.69, 9.17) is 27.4 Å². The lowest BCUT2D eigenvalue weighted by molar-refractivity contribution is 0.148. The van der Waals surface area contributed by atoms with Crippen LogP contribution in [0.4, 0.5) is 0 Å². The van der Waals surface area contributed by atoms with Crippen molar-refractivity contribution in [3.8, 4) is 0 Å². The van der Waals surface area contributed by atoms with Crippen LogP contribution in [-0.2, 0) is 0 Å². The molecule has 0 aromatic heterocycles. The summed E-state index contributed by atoms with van der Waals surface area (Å²) in [6, 6.07) is -0.383. The predicted octanol–water partition coefficient (Wildman–Crippen LogP) is -1.04. The highest BCUT2D eigenvalue weighted by atomic mass is 16.3. The number of hydrogen-bond donors (Lipinski definition) is 5. The maximum Gasteiger partial charge on any atom is 0.0821 e. The van der Waals surface area contributed by atoms with Crippen molar-refractivity contribution >= 4 is 0 Å². The molecule has 0 radical (unpaired) electrons. The molecule has 0 aliphatic carbocycles. The fourth-order valence-corrected chi connectivity index (χ4v) is 1.65. The van der Waals surface area contributed by atoms with Gasteiger partial charge in [-0.1, -0.05) is 13.8 Å². The minimum Gasteiger partial charge on any atom is -0.396 e. The first-order valence-corrected chi connectivity index (χ1v) is 5.43. The number of nitrogens with two attached hydrogens (primary N) is 3. The summed E-state index contributed by atoms with van der Waals surface area (Å²) >= 11 is 0. The third-order valence-electron chi connectivity index (χ3n) is 3.19. The van der Waals surface area contributed by atoms with E-state index in [0.29, 0.717) is 12.8 Å². The van der Waals surface area contributed by atoms with E-state index in [-0.39, 0.29) is 31.1 Å². The quantitative estimate of drug-likeness (QED) is 0.351. The topological polar surface area (TPSA) is 119 Å². The van der Waals surface area contributed by atoms with Crippen molar-refractivity contribution in [2.45, 2.75) is 38.4 Å². The average molecular weight is 219 g/mol. The molecule has 0 bridgehead atoms. The Hall–Kier alpha value is -0.200. The minimum absolute atomic E-state index is 0.0540. The number of aliphatic hydroxyl groups excluding tert-OH is 2. The van der Waals surface area contributed by atoms with Gasteiger partial charge in [-0.05, 0) is 24.7 Å². The van der Waals surface area contributed by atoms with Crippen molar-refractivity contribution in [3.63, 3.8) is 0 Å². The molecule has 0 spiro atoms. The molecule has 15 heavy (non-hydrogen) atoms. The molecule has 3 unspecified atom stereocenters. The highest BCUT2D eigenvalue weighted by Crippen LogP contribution is 2.21. The standard InChI is InChI=1S/C10H25N3O2/c1-7(3-5-14)9(11)10(12,13)8(2)4-6-15/h7-9,14-15H,3-6,11-13H2,1-2H3. The van der Waals surface area contributed by atoms with Gasteiger partial charge in [0, 0.05) is 19.3 Å². The zero-order valence-corrected chi connectivity index (χ0v) is 9.69. The van der Waals surface area contributed by atoms with Crippen LogP contribution >= 0.6 is 0 Å². The fourth-order valence-electron chi connectivity index (χ4n) is 1.65. The summed E-state index contributed by atoms with van der Waals surface area (Å²) in [6.45, 7) is 3.93. The Morgan fingerprint density at radius 1 is 1.07 bits per heavy atom. The van der Waals surface area contributed by atoms with E-state index in [1.165, 1.54) is 0 Å². The average Bonchev–Trinajstić information content (AvgIpc) is 2.17. The molecular formula is C10H25N3O2. The van der Waals surface area contributed by atoms with Gasteiger partial charge in [0.15, 0.2) is 0 Å².